The fourth-order valence-corrected chi connectivity index (χ4v) is 5.92. The minimum atomic E-state index is -3.74. The first kappa shape index (κ1) is 32.9. The molecule has 42 heavy (non-hydrogen) atoms. The molecule has 0 aliphatic rings. The third-order valence-corrected chi connectivity index (χ3v) is 8.72. The number of ether oxygens (including phenoxy) is 4. The summed E-state index contributed by atoms with van der Waals surface area (Å²) >= 11 is 2.97. The fourth-order valence-electron chi connectivity index (χ4n) is 3.77. The number of benzene rings is 3. The second kappa shape index (κ2) is 15.0. The van der Waals surface area contributed by atoms with E-state index in [9.17, 15) is 31.5 Å². The largest absolute Gasteiger partial charge is 0.497 e. The van der Waals surface area contributed by atoms with Crippen LogP contribution in [0.15, 0.2) is 60.7 Å². The summed E-state index contributed by atoms with van der Waals surface area (Å²) in [6, 6.07) is 15.4. The third kappa shape index (κ3) is 9.21. The molecule has 0 fully saturated rings. The van der Waals surface area contributed by atoms with Gasteiger partial charge in [-0.1, -0.05) is 11.6 Å². The lowest BCUT2D eigenvalue weighted by atomic mass is 10.2. The highest BCUT2D eigenvalue weighted by Gasteiger charge is 2.25. The number of carboxylic acids is 1. The normalized spacial score (nSPS) is 12.0. The number of carbonyl (C=O) groups is 1. The summed E-state index contributed by atoms with van der Waals surface area (Å²) in [4.78, 5) is 11.4. The molecule has 0 spiro atoms. The Morgan fingerprint density at radius 2 is 1.43 bits per heavy atom. The van der Waals surface area contributed by atoms with E-state index in [1.54, 1.807) is 48.5 Å². The van der Waals surface area contributed by atoms with Crippen LogP contribution in [0, 0.1) is 5.82 Å². The van der Waals surface area contributed by atoms with Crippen molar-refractivity contribution in [2.24, 2.45) is 0 Å². The zero-order valence-electron chi connectivity index (χ0n) is 22.6. The molecule has 0 saturated heterocycles. The molecule has 15 heteroatoms. The van der Waals surface area contributed by atoms with E-state index in [1.165, 1.54) is 14.2 Å². The SMILES string of the molecule is COc1ccc(OC(CCS(=O)(=O)CCCN(c2ccc(Cl)c(C(=O)O)c2F)S(=O)O)Oc2ccc(OC)cc2)cc1. The number of halogens is 2. The smallest absolute Gasteiger partial charge is 0.340 e. The van der Waals surface area contributed by atoms with Crippen LogP contribution in [0.2, 0.25) is 5.02 Å². The summed E-state index contributed by atoms with van der Waals surface area (Å²) in [7, 11) is -0.699. The molecule has 228 valence electrons. The number of hydrogen-bond donors (Lipinski definition) is 2. The third-order valence-electron chi connectivity index (χ3n) is 5.88. The predicted octanol–water partition coefficient (Wildman–Crippen LogP) is 4.82. The molecule has 0 saturated carbocycles. The highest BCUT2D eigenvalue weighted by molar-refractivity contribution is 7.91. The van der Waals surface area contributed by atoms with E-state index in [-0.39, 0.29) is 25.1 Å². The maximum absolute atomic E-state index is 14.8. The lowest BCUT2D eigenvalue weighted by Gasteiger charge is -2.22. The van der Waals surface area contributed by atoms with Crippen LogP contribution in [0.3, 0.4) is 0 Å². The van der Waals surface area contributed by atoms with Crippen LogP contribution in [-0.4, -0.2) is 66.8 Å². The van der Waals surface area contributed by atoms with Gasteiger partial charge in [-0.15, -0.1) is 0 Å². The van der Waals surface area contributed by atoms with Crippen molar-refractivity contribution in [3.8, 4) is 23.0 Å². The van der Waals surface area contributed by atoms with Crippen LogP contribution in [0.25, 0.3) is 0 Å². The van der Waals surface area contributed by atoms with Crippen LogP contribution < -0.4 is 23.3 Å². The molecule has 1 atom stereocenters. The number of carboxylic acid groups (broad SMARTS) is 1. The van der Waals surface area contributed by atoms with Crippen LogP contribution in [-0.2, 0) is 21.1 Å². The molecule has 2 N–H and O–H groups in total. The van der Waals surface area contributed by atoms with Gasteiger partial charge >= 0.3 is 5.97 Å². The van der Waals surface area contributed by atoms with Crippen LogP contribution in [0.1, 0.15) is 23.2 Å². The van der Waals surface area contributed by atoms with Gasteiger partial charge in [0.25, 0.3) is 11.3 Å². The van der Waals surface area contributed by atoms with E-state index < -0.39 is 61.2 Å². The van der Waals surface area contributed by atoms with Gasteiger partial charge in [0.15, 0.2) is 15.7 Å². The number of rotatable bonds is 16. The van der Waals surface area contributed by atoms with Gasteiger partial charge in [-0.3, -0.25) is 8.86 Å². The number of nitrogens with zero attached hydrogens (tertiary/aromatic N) is 1. The minimum Gasteiger partial charge on any atom is -0.497 e. The van der Waals surface area contributed by atoms with E-state index in [4.69, 9.17) is 30.5 Å². The molecular weight excluding hydrogens is 617 g/mol. The van der Waals surface area contributed by atoms with Gasteiger partial charge in [-0.25, -0.2) is 21.8 Å². The van der Waals surface area contributed by atoms with Gasteiger partial charge in [0, 0.05) is 13.0 Å². The maximum atomic E-state index is 14.8. The first-order valence-corrected chi connectivity index (χ1v) is 15.6. The van der Waals surface area contributed by atoms with Crippen molar-refractivity contribution in [3.05, 3.63) is 77.1 Å². The van der Waals surface area contributed by atoms with E-state index in [0.717, 1.165) is 12.1 Å². The summed E-state index contributed by atoms with van der Waals surface area (Å²) in [5.74, 6) is -1.70. The van der Waals surface area contributed by atoms with E-state index >= 15 is 0 Å². The van der Waals surface area contributed by atoms with Crippen molar-refractivity contribution in [1.29, 1.82) is 0 Å². The molecule has 0 aromatic heterocycles. The number of hydrogen-bond acceptors (Lipinski definition) is 8. The molecule has 3 aromatic rings. The summed E-state index contributed by atoms with van der Waals surface area (Å²) in [5, 5.41) is 8.83. The Kier molecular flexibility index (Phi) is 11.8. The lowest BCUT2D eigenvalue weighted by molar-refractivity contribution is 0.00384. The quantitative estimate of drug-likeness (QED) is 0.164. The Morgan fingerprint density at radius 3 is 1.88 bits per heavy atom. The summed E-state index contributed by atoms with van der Waals surface area (Å²) in [6.45, 7) is -0.367. The van der Waals surface area contributed by atoms with Crippen molar-refractivity contribution in [3.63, 3.8) is 0 Å². The number of aromatic carboxylic acids is 1. The highest BCUT2D eigenvalue weighted by atomic mass is 35.5. The second-order valence-electron chi connectivity index (χ2n) is 8.70. The Balaban J connectivity index is 1.68. The van der Waals surface area contributed by atoms with Crippen molar-refractivity contribution < 1.29 is 50.4 Å². The van der Waals surface area contributed by atoms with Gasteiger partial charge in [-0.2, -0.15) is 0 Å². The molecule has 11 nitrogen and oxygen atoms in total. The first-order valence-electron chi connectivity index (χ1n) is 12.4. The summed E-state index contributed by atoms with van der Waals surface area (Å²) in [6.07, 6.45) is -1.23. The zero-order valence-corrected chi connectivity index (χ0v) is 25.0. The van der Waals surface area contributed by atoms with Gasteiger partial charge in [0.05, 0.1) is 36.4 Å². The lowest BCUT2D eigenvalue weighted by Crippen LogP contribution is -2.30. The van der Waals surface area contributed by atoms with Crippen LogP contribution in [0.5, 0.6) is 23.0 Å². The number of anilines is 1. The van der Waals surface area contributed by atoms with Crippen LogP contribution >= 0.6 is 11.6 Å². The average molecular weight is 646 g/mol. The Hall–Kier alpha value is -3.59. The fraction of sp³-hybridized carbons (Fsp3) is 0.296. The molecule has 0 aliphatic carbocycles. The summed E-state index contributed by atoms with van der Waals surface area (Å²) in [5.41, 5.74) is -1.37. The minimum absolute atomic E-state index is 0.0657. The maximum Gasteiger partial charge on any atom is 0.340 e. The van der Waals surface area contributed by atoms with E-state index in [2.05, 4.69) is 0 Å². The van der Waals surface area contributed by atoms with Crippen molar-refractivity contribution in [2.45, 2.75) is 19.1 Å². The Bertz CT molecular complexity index is 1440. The topological polar surface area (TPSA) is 149 Å². The predicted molar refractivity (Wildman–Crippen MR) is 155 cm³/mol. The molecular formula is C27H29ClFNO10S2. The number of methoxy groups -OCH3 is 2. The molecule has 0 bridgehead atoms. The summed E-state index contributed by atoms with van der Waals surface area (Å²) < 4.78 is 84.9. The van der Waals surface area contributed by atoms with E-state index in [0.29, 0.717) is 27.3 Å². The van der Waals surface area contributed by atoms with Crippen molar-refractivity contribution >= 4 is 44.4 Å². The van der Waals surface area contributed by atoms with Gasteiger partial charge in [0.1, 0.15) is 28.6 Å². The Labute approximate surface area is 250 Å². The van der Waals surface area contributed by atoms with Gasteiger partial charge in [-0.05, 0) is 67.1 Å². The van der Waals surface area contributed by atoms with Crippen LogP contribution in [0.4, 0.5) is 10.1 Å². The molecule has 0 aliphatic heterocycles. The monoisotopic (exact) mass is 645 g/mol. The molecule has 1 unspecified atom stereocenters. The first-order chi connectivity index (χ1) is 19.9. The average Bonchev–Trinajstić information content (AvgIpc) is 2.95. The van der Waals surface area contributed by atoms with Gasteiger partial charge in [0.2, 0.25) is 6.29 Å². The standard InChI is InChI=1S/C27H29ClFNO10S2/c1-37-18-4-8-20(9-5-18)39-24(40-21-10-6-19(38-2)7-11-21)14-17-42(35,36)16-3-15-30(41(33)34)23-13-12-22(28)25(26(23)29)27(31)32/h4-13,24H,3,14-17H2,1-2H3,(H,31,32)(H,33,34). The molecule has 0 amide bonds. The van der Waals surface area contributed by atoms with Gasteiger partial charge < -0.3 is 24.1 Å². The second-order valence-corrected chi connectivity index (χ2v) is 12.3. The highest BCUT2D eigenvalue weighted by Crippen LogP contribution is 2.29. The van der Waals surface area contributed by atoms with E-state index in [1.807, 2.05) is 0 Å². The van der Waals surface area contributed by atoms with Crippen molar-refractivity contribution in [1.82, 2.24) is 0 Å². The van der Waals surface area contributed by atoms with Crippen molar-refractivity contribution in [2.75, 3.05) is 36.6 Å². The number of sulfone groups is 1. The Morgan fingerprint density at radius 1 is 0.929 bits per heavy atom. The molecule has 0 heterocycles. The molecule has 0 radical (unpaired) electrons. The molecule has 3 aromatic carbocycles. The zero-order chi connectivity index (χ0) is 30.9. The molecule has 3 rings (SSSR count).